The highest BCUT2D eigenvalue weighted by Gasteiger charge is 2.10. The van der Waals surface area contributed by atoms with Gasteiger partial charge in [-0.05, 0) is 0 Å². The number of carbonyl (C=O) groups is 2. The van der Waals surface area contributed by atoms with Crippen LogP contribution in [0.15, 0.2) is 5.38 Å². The van der Waals surface area contributed by atoms with Crippen LogP contribution in [0.1, 0.15) is 15.5 Å². The molecule has 0 saturated heterocycles. The van der Waals surface area contributed by atoms with E-state index in [1.165, 1.54) is 11.3 Å². The molecule has 1 heterocycles. The van der Waals surface area contributed by atoms with E-state index in [0.29, 0.717) is 5.01 Å². The number of carbonyl (C=O) groups excluding carboxylic acids is 2. The minimum Gasteiger partial charge on any atom is -0.368 e. The van der Waals surface area contributed by atoms with Gasteiger partial charge in [-0.3, -0.25) is 14.4 Å². The largest absolute Gasteiger partial charge is 0.368 e. The van der Waals surface area contributed by atoms with Crippen molar-refractivity contribution in [2.45, 2.75) is 6.54 Å². The quantitative estimate of drug-likeness (QED) is 0.546. The summed E-state index contributed by atoms with van der Waals surface area (Å²) in [5.74, 6) is -1.21. The summed E-state index contributed by atoms with van der Waals surface area (Å²) in [6, 6.07) is 0. The van der Waals surface area contributed by atoms with Crippen molar-refractivity contribution >= 4 is 23.2 Å². The van der Waals surface area contributed by atoms with Gasteiger partial charge in [0.2, 0.25) is 5.91 Å². The number of primary amides is 1. The first-order chi connectivity index (χ1) is 7.13. The van der Waals surface area contributed by atoms with Crippen molar-refractivity contribution in [3.8, 4) is 0 Å². The van der Waals surface area contributed by atoms with E-state index in [-0.39, 0.29) is 18.8 Å². The van der Waals surface area contributed by atoms with Gasteiger partial charge in [0.25, 0.3) is 5.91 Å². The molecule has 1 aromatic rings. The maximum absolute atomic E-state index is 11.3. The van der Waals surface area contributed by atoms with Gasteiger partial charge in [-0.1, -0.05) is 0 Å². The Morgan fingerprint density at radius 1 is 1.60 bits per heavy atom. The molecule has 2 amide bonds. The summed E-state index contributed by atoms with van der Waals surface area (Å²) in [6.07, 6.45) is 0. The maximum Gasteiger partial charge on any atom is 0.294 e. The van der Waals surface area contributed by atoms with Gasteiger partial charge in [0.15, 0.2) is 6.61 Å². The maximum atomic E-state index is 11.3. The van der Waals surface area contributed by atoms with Crippen LogP contribution < -0.4 is 16.9 Å². The first-order valence-corrected chi connectivity index (χ1v) is 4.86. The van der Waals surface area contributed by atoms with E-state index in [1.54, 1.807) is 5.38 Å². The van der Waals surface area contributed by atoms with Crippen LogP contribution in [0.5, 0.6) is 0 Å². The molecule has 0 aliphatic rings. The molecule has 0 aromatic carbocycles. The molecule has 0 radical (unpaired) electrons. The molecular formula is C7H10N4O3S. The fourth-order valence-electron chi connectivity index (χ4n) is 0.734. The van der Waals surface area contributed by atoms with E-state index in [4.69, 9.17) is 11.5 Å². The van der Waals surface area contributed by atoms with Crippen molar-refractivity contribution in [2.24, 2.45) is 11.5 Å². The average Bonchev–Trinajstić information content (AvgIpc) is 2.65. The molecule has 0 aliphatic heterocycles. The lowest BCUT2D eigenvalue weighted by molar-refractivity contribution is -0.124. The Bertz CT molecular complexity index is 365. The van der Waals surface area contributed by atoms with Gasteiger partial charge in [-0.15, -0.1) is 11.3 Å². The number of rotatable bonds is 5. The third-order valence-corrected chi connectivity index (χ3v) is 2.21. The highest BCUT2D eigenvalue weighted by molar-refractivity contribution is 7.09. The molecule has 1 rings (SSSR count). The first-order valence-electron chi connectivity index (χ1n) is 3.98. The summed E-state index contributed by atoms with van der Waals surface area (Å²) in [5, 5.41) is 2.19. The summed E-state index contributed by atoms with van der Waals surface area (Å²) in [7, 11) is 0. The van der Waals surface area contributed by atoms with Crippen molar-refractivity contribution in [1.29, 1.82) is 0 Å². The highest BCUT2D eigenvalue weighted by Crippen LogP contribution is 2.08. The first kappa shape index (κ1) is 11.6. The third kappa shape index (κ3) is 3.62. The van der Waals surface area contributed by atoms with E-state index in [9.17, 15) is 9.59 Å². The van der Waals surface area contributed by atoms with Crippen LogP contribution in [0.2, 0.25) is 0 Å². The lowest BCUT2D eigenvalue weighted by Gasteiger charge is -2.00. The lowest BCUT2D eigenvalue weighted by Crippen LogP contribution is -2.29. The lowest BCUT2D eigenvalue weighted by atomic mass is 10.5. The minimum atomic E-state index is -0.670. The number of amides is 2. The monoisotopic (exact) mass is 230 g/mol. The summed E-state index contributed by atoms with van der Waals surface area (Å²) in [6.45, 7) is -0.0975. The van der Waals surface area contributed by atoms with Gasteiger partial charge < -0.3 is 11.5 Å². The zero-order chi connectivity index (χ0) is 11.3. The molecule has 0 unspecified atom stereocenters. The molecule has 0 aliphatic carbocycles. The smallest absolute Gasteiger partial charge is 0.294 e. The van der Waals surface area contributed by atoms with Crippen molar-refractivity contribution in [2.75, 3.05) is 6.61 Å². The molecule has 0 saturated carbocycles. The zero-order valence-corrected chi connectivity index (χ0v) is 8.54. The highest BCUT2D eigenvalue weighted by atomic mass is 32.1. The zero-order valence-electron chi connectivity index (χ0n) is 7.73. The van der Waals surface area contributed by atoms with Gasteiger partial charge in [-0.25, -0.2) is 10.5 Å². The normalized spacial score (nSPS) is 9.93. The van der Waals surface area contributed by atoms with E-state index in [0.717, 1.165) is 0 Å². The molecule has 0 bridgehead atoms. The Labute approximate surface area is 89.4 Å². The van der Waals surface area contributed by atoms with Crippen molar-refractivity contribution in [3.05, 3.63) is 16.1 Å². The second-order valence-electron chi connectivity index (χ2n) is 2.52. The van der Waals surface area contributed by atoms with Gasteiger partial charge in [0.05, 0.1) is 0 Å². The van der Waals surface area contributed by atoms with Crippen LogP contribution in [0, 0.1) is 0 Å². The molecule has 0 fully saturated rings. The summed E-state index contributed by atoms with van der Waals surface area (Å²) < 4.78 is 0. The van der Waals surface area contributed by atoms with Crippen LogP contribution in [0.4, 0.5) is 0 Å². The van der Waals surface area contributed by atoms with E-state index >= 15 is 0 Å². The molecule has 8 heteroatoms. The topological polar surface area (TPSA) is 120 Å². The minimum absolute atomic E-state index is 0.199. The number of thiazole rings is 1. The van der Waals surface area contributed by atoms with Crippen LogP contribution in [-0.2, 0) is 16.2 Å². The van der Waals surface area contributed by atoms with Crippen LogP contribution in [0.3, 0.4) is 0 Å². The molecule has 0 atom stereocenters. The van der Waals surface area contributed by atoms with E-state index in [1.807, 2.05) is 5.48 Å². The summed E-state index contributed by atoms with van der Waals surface area (Å²) in [5.41, 5.74) is 12.4. The fourth-order valence-corrected chi connectivity index (χ4v) is 1.39. The van der Waals surface area contributed by atoms with Crippen molar-refractivity contribution in [3.63, 3.8) is 0 Å². The molecule has 1 aromatic heterocycles. The Hall–Kier alpha value is -1.51. The SMILES string of the molecule is NCc1nc(C(=O)NOCC(N)=O)cs1. The standard InChI is InChI=1S/C7H10N4O3S/c8-1-6-10-4(3-15-6)7(13)11-14-2-5(9)12/h3H,1-2,8H2,(H2,9,12)(H,11,13). The Balaban J connectivity index is 2.43. The number of nitrogens with one attached hydrogen (secondary N) is 1. The molecule has 5 N–H and O–H groups in total. The van der Waals surface area contributed by atoms with Gasteiger partial charge in [0.1, 0.15) is 10.7 Å². The van der Waals surface area contributed by atoms with Crippen LogP contribution in [0.25, 0.3) is 0 Å². The van der Waals surface area contributed by atoms with Crippen molar-refractivity contribution < 1.29 is 14.4 Å². The Kier molecular flexibility index (Phi) is 4.16. The van der Waals surface area contributed by atoms with E-state index in [2.05, 4.69) is 9.82 Å². The number of nitrogens with two attached hydrogens (primary N) is 2. The number of hydroxylamine groups is 1. The number of hydrogen-bond acceptors (Lipinski definition) is 6. The molecular weight excluding hydrogens is 220 g/mol. The summed E-state index contributed by atoms with van der Waals surface area (Å²) >= 11 is 1.27. The fraction of sp³-hybridized carbons (Fsp3) is 0.286. The number of hydrogen-bond donors (Lipinski definition) is 3. The third-order valence-electron chi connectivity index (χ3n) is 1.34. The van der Waals surface area contributed by atoms with Gasteiger partial charge in [-0.2, -0.15) is 0 Å². The van der Waals surface area contributed by atoms with Gasteiger partial charge >= 0.3 is 0 Å². The average molecular weight is 230 g/mol. The number of nitrogens with zero attached hydrogens (tertiary/aromatic N) is 1. The van der Waals surface area contributed by atoms with Crippen LogP contribution in [-0.4, -0.2) is 23.4 Å². The van der Waals surface area contributed by atoms with E-state index < -0.39 is 11.8 Å². The van der Waals surface area contributed by atoms with Crippen molar-refractivity contribution in [1.82, 2.24) is 10.5 Å². The predicted octanol–water partition coefficient (Wildman–Crippen LogP) is -1.25. The summed E-state index contributed by atoms with van der Waals surface area (Å²) in [4.78, 5) is 30.0. The number of aromatic nitrogens is 1. The second kappa shape index (κ2) is 5.39. The molecule has 15 heavy (non-hydrogen) atoms. The Morgan fingerprint density at radius 3 is 2.87 bits per heavy atom. The second-order valence-corrected chi connectivity index (χ2v) is 3.46. The molecule has 0 spiro atoms. The Morgan fingerprint density at radius 2 is 2.33 bits per heavy atom. The molecule has 7 nitrogen and oxygen atoms in total. The molecule has 82 valence electrons. The van der Waals surface area contributed by atoms with Gasteiger partial charge in [0, 0.05) is 11.9 Å². The van der Waals surface area contributed by atoms with Crippen LogP contribution >= 0.6 is 11.3 Å². The predicted molar refractivity (Wildman–Crippen MR) is 52.6 cm³/mol.